The molecule has 2 rings (SSSR count). The lowest BCUT2D eigenvalue weighted by Crippen LogP contribution is -2.30. The van der Waals surface area contributed by atoms with E-state index >= 15 is 0 Å². The second kappa shape index (κ2) is 5.87. The predicted molar refractivity (Wildman–Crippen MR) is 75.7 cm³/mol. The highest BCUT2D eigenvalue weighted by Crippen LogP contribution is 2.24. The third-order valence-electron chi connectivity index (χ3n) is 2.39. The summed E-state index contributed by atoms with van der Waals surface area (Å²) >= 11 is 7.20. The topological polar surface area (TPSA) is 66.1 Å². The molecule has 0 saturated heterocycles. The summed E-state index contributed by atoms with van der Waals surface area (Å²) in [6, 6.07) is 4.98. The molecule has 0 fully saturated rings. The zero-order chi connectivity index (χ0) is 13.9. The number of nitrogens with one attached hydrogen (secondary N) is 1. The summed E-state index contributed by atoms with van der Waals surface area (Å²) in [5.74, 6) is 0. The van der Waals surface area contributed by atoms with Gasteiger partial charge < -0.3 is 0 Å². The van der Waals surface area contributed by atoms with Gasteiger partial charge in [0, 0.05) is 18.0 Å². The molecule has 2 heterocycles. The molecule has 5 nitrogen and oxygen atoms in total. The molecule has 0 amide bonds. The van der Waals surface area contributed by atoms with Crippen LogP contribution >= 0.6 is 22.9 Å². The van der Waals surface area contributed by atoms with E-state index in [1.165, 1.54) is 27.9 Å². The number of aromatic nitrogens is 2. The van der Waals surface area contributed by atoms with Crippen LogP contribution in [0.4, 0.5) is 0 Å². The summed E-state index contributed by atoms with van der Waals surface area (Å²) < 4.78 is 26.7. The molecular formula is C11H12ClN3O2S2. The van der Waals surface area contributed by atoms with Gasteiger partial charge in [0.2, 0.25) is 0 Å². The van der Waals surface area contributed by atoms with Crippen molar-refractivity contribution in [3.8, 4) is 0 Å². The van der Waals surface area contributed by atoms with E-state index < -0.39 is 10.0 Å². The maximum absolute atomic E-state index is 12.4. The monoisotopic (exact) mass is 317 g/mol. The molecule has 8 heteroatoms. The first-order valence-electron chi connectivity index (χ1n) is 5.38. The Labute approximate surface area is 120 Å². The summed E-state index contributed by atoms with van der Waals surface area (Å²) in [6.07, 6.45) is 2.95. The van der Waals surface area contributed by atoms with Gasteiger partial charge in [-0.3, -0.25) is 5.10 Å². The Balaban J connectivity index is 2.27. The maximum Gasteiger partial charge on any atom is 0.260 e. The van der Waals surface area contributed by atoms with Crippen LogP contribution in [0.15, 0.2) is 42.1 Å². The van der Waals surface area contributed by atoms with Crippen molar-refractivity contribution in [1.82, 2.24) is 14.5 Å². The number of aromatic amines is 1. The highest BCUT2D eigenvalue weighted by Gasteiger charge is 2.25. The van der Waals surface area contributed by atoms with Gasteiger partial charge in [-0.1, -0.05) is 17.7 Å². The van der Waals surface area contributed by atoms with Gasteiger partial charge in [0.15, 0.2) is 5.03 Å². The molecule has 102 valence electrons. The third-order valence-corrected chi connectivity index (χ3v) is 5.34. The summed E-state index contributed by atoms with van der Waals surface area (Å²) in [6.45, 7) is 4.06. The van der Waals surface area contributed by atoms with Crippen LogP contribution < -0.4 is 0 Å². The quantitative estimate of drug-likeness (QED) is 0.832. The average molecular weight is 318 g/mol. The average Bonchev–Trinajstić information content (AvgIpc) is 3.00. The summed E-state index contributed by atoms with van der Waals surface area (Å²) in [7, 11) is -3.60. The van der Waals surface area contributed by atoms with Crippen LogP contribution in [0.5, 0.6) is 0 Å². The summed E-state index contributed by atoms with van der Waals surface area (Å²) in [4.78, 5) is 0.870. The number of hydrogen-bond donors (Lipinski definition) is 1. The molecule has 0 aliphatic heterocycles. The summed E-state index contributed by atoms with van der Waals surface area (Å²) in [5, 5.41) is 6.20. The number of rotatable bonds is 6. The number of sulfonamides is 1. The molecule has 0 aromatic carbocycles. The number of thiophene rings is 1. The molecule has 0 atom stereocenters. The lowest BCUT2D eigenvalue weighted by Gasteiger charge is -2.18. The van der Waals surface area contributed by atoms with Gasteiger partial charge in [-0.05, 0) is 18.2 Å². The fraction of sp³-hybridized carbons (Fsp3) is 0.182. The van der Waals surface area contributed by atoms with Gasteiger partial charge in [-0.2, -0.15) is 9.40 Å². The molecule has 0 aliphatic rings. The molecule has 0 spiro atoms. The Morgan fingerprint density at radius 1 is 1.47 bits per heavy atom. The SMILES string of the molecule is C=CCN(Cc1ccc(Cl)s1)S(=O)(=O)c1ccn[nH]1. The van der Waals surface area contributed by atoms with Crippen LogP contribution in [0.1, 0.15) is 4.88 Å². The molecule has 19 heavy (non-hydrogen) atoms. The molecule has 2 aromatic heterocycles. The van der Waals surface area contributed by atoms with E-state index in [9.17, 15) is 8.42 Å². The first-order valence-corrected chi connectivity index (χ1v) is 8.02. The zero-order valence-corrected chi connectivity index (χ0v) is 12.3. The molecule has 1 N–H and O–H groups in total. The van der Waals surface area contributed by atoms with E-state index in [0.717, 1.165) is 4.88 Å². The van der Waals surface area contributed by atoms with Gasteiger partial charge in [0.1, 0.15) is 0 Å². The van der Waals surface area contributed by atoms with Crippen LogP contribution in [0.3, 0.4) is 0 Å². The number of nitrogens with zero attached hydrogens (tertiary/aromatic N) is 2. The lowest BCUT2D eigenvalue weighted by atomic mass is 10.4. The highest BCUT2D eigenvalue weighted by atomic mass is 35.5. The third kappa shape index (κ3) is 3.24. The Hall–Kier alpha value is -1.15. The number of halogens is 1. The Morgan fingerprint density at radius 3 is 2.79 bits per heavy atom. The second-order valence-electron chi connectivity index (χ2n) is 3.71. The lowest BCUT2D eigenvalue weighted by molar-refractivity contribution is 0.439. The van der Waals surface area contributed by atoms with Gasteiger partial charge >= 0.3 is 0 Å². The Kier molecular flexibility index (Phi) is 4.41. The second-order valence-corrected chi connectivity index (χ2v) is 7.42. The fourth-order valence-electron chi connectivity index (χ4n) is 1.53. The van der Waals surface area contributed by atoms with Crippen molar-refractivity contribution in [2.75, 3.05) is 6.54 Å². The van der Waals surface area contributed by atoms with Crippen molar-refractivity contribution < 1.29 is 8.42 Å². The molecule has 2 aromatic rings. The molecule has 0 unspecified atom stereocenters. The number of H-pyrrole nitrogens is 1. The van der Waals surface area contributed by atoms with Crippen LogP contribution in [-0.4, -0.2) is 29.5 Å². The van der Waals surface area contributed by atoms with Crippen molar-refractivity contribution in [3.05, 3.63) is 46.3 Å². The molecular weight excluding hydrogens is 306 g/mol. The van der Waals surface area contributed by atoms with E-state index in [-0.39, 0.29) is 18.1 Å². The van der Waals surface area contributed by atoms with E-state index in [4.69, 9.17) is 11.6 Å². The first kappa shape index (κ1) is 14.3. The molecule has 0 saturated carbocycles. The van der Waals surface area contributed by atoms with Crippen LogP contribution in [-0.2, 0) is 16.6 Å². The molecule has 0 bridgehead atoms. The van der Waals surface area contributed by atoms with Crippen molar-refractivity contribution in [2.45, 2.75) is 11.6 Å². The van der Waals surface area contributed by atoms with Crippen molar-refractivity contribution in [2.24, 2.45) is 0 Å². The fourth-order valence-corrected chi connectivity index (χ4v) is 4.00. The van der Waals surface area contributed by atoms with Crippen molar-refractivity contribution in [3.63, 3.8) is 0 Å². The van der Waals surface area contributed by atoms with Crippen molar-refractivity contribution in [1.29, 1.82) is 0 Å². The van der Waals surface area contributed by atoms with Crippen molar-refractivity contribution >= 4 is 33.0 Å². The van der Waals surface area contributed by atoms with Gasteiger partial charge in [-0.15, -0.1) is 17.9 Å². The van der Waals surface area contributed by atoms with Gasteiger partial charge in [0.05, 0.1) is 10.5 Å². The predicted octanol–water partition coefficient (Wildman–Crippen LogP) is 2.50. The largest absolute Gasteiger partial charge is 0.266 e. The summed E-state index contributed by atoms with van der Waals surface area (Å²) in [5.41, 5.74) is 0. The highest BCUT2D eigenvalue weighted by molar-refractivity contribution is 7.89. The smallest absolute Gasteiger partial charge is 0.260 e. The van der Waals surface area contributed by atoms with E-state index in [0.29, 0.717) is 4.34 Å². The first-order chi connectivity index (χ1) is 9.04. The van der Waals surface area contributed by atoms with E-state index in [1.807, 2.05) is 6.07 Å². The maximum atomic E-state index is 12.4. The standard InChI is InChI=1S/C11H12ClN3O2S2/c1-2-7-15(8-9-3-4-10(12)18-9)19(16,17)11-5-6-13-14-11/h2-6H,1,7-8H2,(H,13,14). The van der Waals surface area contributed by atoms with Crippen LogP contribution in [0.25, 0.3) is 0 Å². The van der Waals surface area contributed by atoms with Gasteiger partial charge in [0.25, 0.3) is 10.0 Å². The number of hydrogen-bond acceptors (Lipinski definition) is 4. The molecule has 0 aliphatic carbocycles. The zero-order valence-electron chi connectivity index (χ0n) is 9.91. The normalized spacial score (nSPS) is 11.9. The van der Waals surface area contributed by atoms with Crippen LogP contribution in [0.2, 0.25) is 4.34 Å². The van der Waals surface area contributed by atoms with Crippen LogP contribution in [0, 0.1) is 0 Å². The Morgan fingerprint density at radius 2 is 2.26 bits per heavy atom. The minimum Gasteiger partial charge on any atom is -0.266 e. The molecule has 0 radical (unpaired) electrons. The minimum absolute atomic E-state index is 0.0667. The van der Waals surface area contributed by atoms with Gasteiger partial charge in [-0.25, -0.2) is 8.42 Å². The van der Waals surface area contributed by atoms with E-state index in [1.54, 1.807) is 12.1 Å². The Bertz CT molecular complexity index is 649. The minimum atomic E-state index is -3.60. The van der Waals surface area contributed by atoms with E-state index in [2.05, 4.69) is 16.8 Å².